The van der Waals surface area contributed by atoms with Crippen molar-refractivity contribution in [3.8, 4) is 16.9 Å². The van der Waals surface area contributed by atoms with E-state index < -0.39 is 0 Å². The highest BCUT2D eigenvalue weighted by Gasteiger charge is 2.25. The molecule has 3 rings (SSSR count). The van der Waals surface area contributed by atoms with E-state index in [1.807, 2.05) is 48.5 Å². The summed E-state index contributed by atoms with van der Waals surface area (Å²) >= 11 is 0. The topological polar surface area (TPSA) is 61.8 Å². The summed E-state index contributed by atoms with van der Waals surface area (Å²) in [4.78, 5) is 14.9. The normalized spacial score (nSPS) is 17.5. The van der Waals surface area contributed by atoms with Crippen molar-refractivity contribution in [1.29, 1.82) is 0 Å². The predicted molar refractivity (Wildman–Crippen MR) is 108 cm³/mol. The molecule has 0 aromatic heterocycles. The Bertz CT molecular complexity index is 745. The first-order valence-corrected chi connectivity index (χ1v) is 9.58. The molecule has 5 nitrogen and oxygen atoms in total. The Morgan fingerprint density at radius 1 is 1.22 bits per heavy atom. The van der Waals surface area contributed by atoms with Crippen molar-refractivity contribution in [1.82, 2.24) is 4.90 Å². The molecule has 5 heteroatoms. The fourth-order valence-corrected chi connectivity index (χ4v) is 3.56. The van der Waals surface area contributed by atoms with E-state index in [9.17, 15) is 4.79 Å². The smallest absolute Gasteiger partial charge is 0.228 e. The summed E-state index contributed by atoms with van der Waals surface area (Å²) in [6, 6.07) is 15.8. The minimum absolute atomic E-state index is 0.00973. The Kier molecular flexibility index (Phi) is 6.85. The standard InChI is InChI=1S/C22H28N2O3/c1-27-21-7-2-5-18(15-21)17-8-10-20(11-9-17)23-22(26)19-6-3-12-24(16-19)13-4-14-25/h2,5,7-11,15,19,25H,3-4,6,12-14,16H2,1H3,(H,23,26)/t19-/m0/s1. The van der Waals surface area contributed by atoms with Gasteiger partial charge in [0.2, 0.25) is 5.91 Å². The first-order valence-electron chi connectivity index (χ1n) is 9.58. The predicted octanol–water partition coefficient (Wildman–Crippen LogP) is 3.40. The molecular weight excluding hydrogens is 340 g/mol. The van der Waals surface area contributed by atoms with Crippen LogP contribution in [0.2, 0.25) is 0 Å². The highest BCUT2D eigenvalue weighted by Crippen LogP contribution is 2.25. The van der Waals surface area contributed by atoms with Crippen molar-refractivity contribution in [2.45, 2.75) is 19.3 Å². The minimum Gasteiger partial charge on any atom is -0.497 e. The van der Waals surface area contributed by atoms with Crippen LogP contribution in [0.4, 0.5) is 5.69 Å². The van der Waals surface area contributed by atoms with Gasteiger partial charge in [0, 0.05) is 25.4 Å². The van der Waals surface area contributed by atoms with E-state index in [-0.39, 0.29) is 18.4 Å². The van der Waals surface area contributed by atoms with Crippen molar-refractivity contribution >= 4 is 11.6 Å². The molecule has 0 aliphatic carbocycles. The van der Waals surface area contributed by atoms with Gasteiger partial charge in [0.15, 0.2) is 0 Å². The number of carbonyl (C=O) groups excluding carboxylic acids is 1. The molecule has 0 bridgehead atoms. The number of benzene rings is 2. The fraction of sp³-hybridized carbons (Fsp3) is 0.409. The Morgan fingerprint density at radius 3 is 2.78 bits per heavy atom. The van der Waals surface area contributed by atoms with Gasteiger partial charge in [0.1, 0.15) is 5.75 Å². The van der Waals surface area contributed by atoms with Crippen LogP contribution in [0.1, 0.15) is 19.3 Å². The number of anilines is 1. The zero-order chi connectivity index (χ0) is 19.1. The number of aliphatic hydroxyl groups is 1. The zero-order valence-corrected chi connectivity index (χ0v) is 15.9. The summed E-state index contributed by atoms with van der Waals surface area (Å²) in [6.07, 6.45) is 2.71. The second kappa shape index (κ2) is 9.53. The molecule has 2 aromatic rings. The lowest BCUT2D eigenvalue weighted by Crippen LogP contribution is -2.41. The van der Waals surface area contributed by atoms with Crippen LogP contribution in [0.25, 0.3) is 11.1 Å². The van der Waals surface area contributed by atoms with E-state index in [0.29, 0.717) is 0 Å². The lowest BCUT2D eigenvalue weighted by Gasteiger charge is -2.31. The van der Waals surface area contributed by atoms with Gasteiger partial charge < -0.3 is 20.1 Å². The maximum atomic E-state index is 12.6. The molecule has 1 fully saturated rings. The van der Waals surface area contributed by atoms with Crippen molar-refractivity contribution < 1.29 is 14.6 Å². The largest absolute Gasteiger partial charge is 0.497 e. The van der Waals surface area contributed by atoms with E-state index >= 15 is 0 Å². The minimum atomic E-state index is 0.00973. The molecule has 27 heavy (non-hydrogen) atoms. The Labute approximate surface area is 161 Å². The Morgan fingerprint density at radius 2 is 2.04 bits per heavy atom. The van der Waals surface area contributed by atoms with E-state index in [4.69, 9.17) is 9.84 Å². The molecular formula is C22H28N2O3. The number of hydrogen-bond donors (Lipinski definition) is 2. The summed E-state index contributed by atoms with van der Waals surface area (Å²) in [7, 11) is 1.66. The number of nitrogens with one attached hydrogen (secondary N) is 1. The highest BCUT2D eigenvalue weighted by atomic mass is 16.5. The van der Waals surface area contributed by atoms with Crippen LogP contribution >= 0.6 is 0 Å². The number of ether oxygens (including phenoxy) is 1. The molecule has 0 radical (unpaired) electrons. The number of rotatable bonds is 7. The van der Waals surface area contributed by atoms with Gasteiger partial charge in [-0.05, 0) is 61.2 Å². The molecule has 1 aliphatic rings. The van der Waals surface area contributed by atoms with E-state index in [1.165, 1.54) is 0 Å². The fourth-order valence-electron chi connectivity index (χ4n) is 3.56. The van der Waals surface area contributed by atoms with Gasteiger partial charge in [-0.1, -0.05) is 24.3 Å². The zero-order valence-electron chi connectivity index (χ0n) is 15.9. The van der Waals surface area contributed by atoms with Gasteiger partial charge in [0.25, 0.3) is 0 Å². The number of nitrogens with zero attached hydrogens (tertiary/aromatic N) is 1. The van der Waals surface area contributed by atoms with Crippen LogP contribution in [0, 0.1) is 5.92 Å². The van der Waals surface area contributed by atoms with E-state index in [1.54, 1.807) is 7.11 Å². The third-order valence-corrected chi connectivity index (χ3v) is 5.06. The number of likely N-dealkylation sites (tertiary alicyclic amines) is 1. The van der Waals surface area contributed by atoms with Crippen LogP contribution < -0.4 is 10.1 Å². The van der Waals surface area contributed by atoms with Gasteiger partial charge in [-0.2, -0.15) is 0 Å². The SMILES string of the molecule is COc1cccc(-c2ccc(NC(=O)[C@H]3CCCN(CCCO)C3)cc2)c1. The molecule has 1 atom stereocenters. The van der Waals surface area contributed by atoms with Crippen LogP contribution in [0.3, 0.4) is 0 Å². The van der Waals surface area contributed by atoms with Crippen LogP contribution in [0.15, 0.2) is 48.5 Å². The van der Waals surface area contributed by atoms with Gasteiger partial charge >= 0.3 is 0 Å². The van der Waals surface area contributed by atoms with E-state index in [0.717, 1.165) is 61.5 Å². The third kappa shape index (κ3) is 5.31. The second-order valence-corrected chi connectivity index (χ2v) is 7.02. The third-order valence-electron chi connectivity index (χ3n) is 5.06. The summed E-state index contributed by atoms with van der Waals surface area (Å²) in [5.41, 5.74) is 2.98. The summed E-state index contributed by atoms with van der Waals surface area (Å²) in [5.74, 6) is 0.918. The maximum absolute atomic E-state index is 12.6. The number of amides is 1. The van der Waals surface area contributed by atoms with Gasteiger partial charge in [-0.25, -0.2) is 0 Å². The van der Waals surface area contributed by atoms with Crippen LogP contribution in [-0.2, 0) is 4.79 Å². The van der Waals surface area contributed by atoms with Gasteiger partial charge in [-0.3, -0.25) is 4.79 Å². The maximum Gasteiger partial charge on any atom is 0.228 e. The molecule has 0 spiro atoms. The number of hydrogen-bond acceptors (Lipinski definition) is 4. The lowest BCUT2D eigenvalue weighted by atomic mass is 9.96. The molecule has 0 unspecified atom stereocenters. The average Bonchev–Trinajstić information content (AvgIpc) is 2.73. The van der Waals surface area contributed by atoms with Crippen LogP contribution in [0.5, 0.6) is 5.75 Å². The summed E-state index contributed by atoms with van der Waals surface area (Å²) < 4.78 is 5.28. The van der Waals surface area contributed by atoms with E-state index in [2.05, 4.69) is 10.2 Å². The summed E-state index contributed by atoms with van der Waals surface area (Å²) in [5, 5.41) is 12.0. The number of methoxy groups -OCH3 is 1. The second-order valence-electron chi connectivity index (χ2n) is 7.02. The Hall–Kier alpha value is -2.37. The van der Waals surface area contributed by atoms with Gasteiger partial charge in [0.05, 0.1) is 13.0 Å². The number of piperidine rings is 1. The first kappa shape index (κ1) is 19.4. The van der Waals surface area contributed by atoms with Crippen molar-refractivity contribution in [2.75, 3.05) is 38.7 Å². The Balaban J connectivity index is 1.59. The van der Waals surface area contributed by atoms with Crippen LogP contribution in [-0.4, -0.2) is 49.3 Å². The molecule has 144 valence electrons. The molecule has 1 heterocycles. The molecule has 2 aromatic carbocycles. The van der Waals surface area contributed by atoms with Crippen molar-refractivity contribution in [2.24, 2.45) is 5.92 Å². The first-order chi connectivity index (χ1) is 13.2. The molecule has 1 aliphatic heterocycles. The highest BCUT2D eigenvalue weighted by molar-refractivity contribution is 5.93. The monoisotopic (exact) mass is 368 g/mol. The molecule has 2 N–H and O–H groups in total. The molecule has 0 saturated carbocycles. The molecule has 1 amide bonds. The van der Waals surface area contributed by atoms with Gasteiger partial charge in [-0.15, -0.1) is 0 Å². The summed E-state index contributed by atoms with van der Waals surface area (Å²) in [6.45, 7) is 2.84. The van der Waals surface area contributed by atoms with Crippen molar-refractivity contribution in [3.05, 3.63) is 48.5 Å². The molecule has 1 saturated heterocycles. The number of aliphatic hydroxyl groups excluding tert-OH is 1. The average molecular weight is 368 g/mol. The lowest BCUT2D eigenvalue weighted by molar-refractivity contribution is -0.121. The van der Waals surface area contributed by atoms with Crippen molar-refractivity contribution in [3.63, 3.8) is 0 Å². The quantitative estimate of drug-likeness (QED) is 0.786. The number of carbonyl (C=O) groups is 1.